The molecule has 0 amide bonds. The molecule has 0 bridgehead atoms. The summed E-state index contributed by atoms with van der Waals surface area (Å²) in [7, 11) is 0. The molecule has 0 saturated carbocycles. The molecule has 84 valence electrons. The summed E-state index contributed by atoms with van der Waals surface area (Å²) >= 11 is 3.59. The molecule has 0 heterocycles. The van der Waals surface area contributed by atoms with Crippen LogP contribution in [-0.2, 0) is 10.7 Å². The van der Waals surface area contributed by atoms with Crippen LogP contribution in [0.5, 0.6) is 0 Å². The highest BCUT2D eigenvalue weighted by Gasteiger charge is 2.19. The predicted molar refractivity (Wildman–Crippen MR) is 75.3 cm³/mol. The van der Waals surface area contributed by atoms with Gasteiger partial charge in [0.05, 0.1) is 0 Å². The van der Waals surface area contributed by atoms with E-state index in [1.165, 1.54) is 21.9 Å². The van der Waals surface area contributed by atoms with Crippen LogP contribution in [0, 0.1) is 0 Å². The van der Waals surface area contributed by atoms with Gasteiger partial charge in [-0.05, 0) is 27.3 Å². The highest BCUT2D eigenvalue weighted by Crippen LogP contribution is 2.34. The van der Waals surface area contributed by atoms with E-state index in [1.54, 1.807) is 0 Å². The lowest BCUT2D eigenvalue weighted by molar-refractivity contribution is 0.591. The smallest absolute Gasteiger partial charge is 0.0286 e. The SMILES string of the molecule is CC(C)(C)c1c(CBr)ccc2ccccc12. The van der Waals surface area contributed by atoms with E-state index in [-0.39, 0.29) is 5.41 Å². The molecule has 0 fully saturated rings. The number of alkyl halides is 1. The van der Waals surface area contributed by atoms with Crippen LogP contribution in [0.1, 0.15) is 31.9 Å². The average molecular weight is 277 g/mol. The summed E-state index contributed by atoms with van der Waals surface area (Å²) in [6.07, 6.45) is 0. The molecule has 1 heteroatoms. The van der Waals surface area contributed by atoms with E-state index in [2.05, 4.69) is 73.1 Å². The molecular weight excluding hydrogens is 260 g/mol. The molecule has 2 rings (SSSR count). The van der Waals surface area contributed by atoms with Crippen molar-refractivity contribution >= 4 is 26.7 Å². The van der Waals surface area contributed by atoms with E-state index < -0.39 is 0 Å². The fraction of sp³-hybridized carbons (Fsp3) is 0.333. The van der Waals surface area contributed by atoms with Gasteiger partial charge in [0.15, 0.2) is 0 Å². The van der Waals surface area contributed by atoms with Crippen LogP contribution >= 0.6 is 15.9 Å². The summed E-state index contributed by atoms with van der Waals surface area (Å²) in [6.45, 7) is 6.84. The van der Waals surface area contributed by atoms with Crippen molar-refractivity contribution in [3.05, 3.63) is 47.5 Å². The van der Waals surface area contributed by atoms with Gasteiger partial charge in [-0.25, -0.2) is 0 Å². The summed E-state index contributed by atoms with van der Waals surface area (Å²) in [6, 6.07) is 13.1. The third-order valence-electron chi connectivity index (χ3n) is 2.91. The standard InChI is InChI=1S/C15H17Br/c1-15(2,3)14-12(10-16)9-8-11-6-4-5-7-13(11)14/h4-9H,10H2,1-3H3. The molecule has 0 unspecified atom stereocenters. The van der Waals surface area contributed by atoms with Gasteiger partial charge in [0.25, 0.3) is 0 Å². The van der Waals surface area contributed by atoms with E-state index in [9.17, 15) is 0 Å². The van der Waals surface area contributed by atoms with Gasteiger partial charge in [-0.3, -0.25) is 0 Å². The first kappa shape index (κ1) is 11.7. The Kier molecular flexibility index (Phi) is 3.07. The van der Waals surface area contributed by atoms with Gasteiger partial charge in [0, 0.05) is 5.33 Å². The molecule has 0 radical (unpaired) electrons. The van der Waals surface area contributed by atoms with Crippen LogP contribution in [0.15, 0.2) is 36.4 Å². The third-order valence-corrected chi connectivity index (χ3v) is 3.51. The van der Waals surface area contributed by atoms with Crippen molar-refractivity contribution in [2.75, 3.05) is 0 Å². The van der Waals surface area contributed by atoms with E-state index in [0.29, 0.717) is 0 Å². The molecule has 0 atom stereocenters. The highest BCUT2D eigenvalue weighted by atomic mass is 79.9. The first-order chi connectivity index (χ1) is 7.54. The lowest BCUT2D eigenvalue weighted by Crippen LogP contribution is -2.14. The van der Waals surface area contributed by atoms with Gasteiger partial charge in [0.2, 0.25) is 0 Å². The maximum absolute atomic E-state index is 3.59. The van der Waals surface area contributed by atoms with Gasteiger partial charge in [-0.2, -0.15) is 0 Å². The summed E-state index contributed by atoms with van der Waals surface area (Å²) < 4.78 is 0. The van der Waals surface area contributed by atoms with Crippen molar-refractivity contribution in [1.29, 1.82) is 0 Å². The minimum atomic E-state index is 0.184. The van der Waals surface area contributed by atoms with Gasteiger partial charge >= 0.3 is 0 Å². The highest BCUT2D eigenvalue weighted by molar-refractivity contribution is 9.08. The molecule has 0 N–H and O–H groups in total. The number of rotatable bonds is 1. The summed E-state index contributed by atoms with van der Waals surface area (Å²) in [5, 5.41) is 3.63. The monoisotopic (exact) mass is 276 g/mol. The van der Waals surface area contributed by atoms with E-state index in [0.717, 1.165) is 5.33 Å². The van der Waals surface area contributed by atoms with Gasteiger partial charge in [-0.1, -0.05) is 73.1 Å². The predicted octanol–water partition coefficient (Wildman–Crippen LogP) is 5.03. The number of benzene rings is 2. The van der Waals surface area contributed by atoms with Crippen molar-refractivity contribution < 1.29 is 0 Å². The molecule has 2 aromatic rings. The Morgan fingerprint density at radius 2 is 1.69 bits per heavy atom. The second-order valence-electron chi connectivity index (χ2n) is 5.20. The van der Waals surface area contributed by atoms with Crippen molar-refractivity contribution in [2.24, 2.45) is 0 Å². The first-order valence-corrected chi connectivity index (χ1v) is 6.73. The van der Waals surface area contributed by atoms with Crippen LogP contribution in [0.25, 0.3) is 10.8 Å². The van der Waals surface area contributed by atoms with Crippen molar-refractivity contribution in [3.63, 3.8) is 0 Å². The second-order valence-corrected chi connectivity index (χ2v) is 5.77. The zero-order valence-electron chi connectivity index (χ0n) is 10.0. The second kappa shape index (κ2) is 4.21. The van der Waals surface area contributed by atoms with Crippen LogP contribution in [-0.4, -0.2) is 0 Å². The quantitative estimate of drug-likeness (QED) is 0.641. The van der Waals surface area contributed by atoms with E-state index >= 15 is 0 Å². The Balaban J connectivity index is 2.84. The van der Waals surface area contributed by atoms with E-state index in [4.69, 9.17) is 0 Å². The lowest BCUT2D eigenvalue weighted by Gasteiger charge is -2.24. The van der Waals surface area contributed by atoms with Gasteiger partial charge in [-0.15, -0.1) is 0 Å². The minimum Gasteiger partial charge on any atom is -0.0876 e. The van der Waals surface area contributed by atoms with Crippen molar-refractivity contribution in [3.8, 4) is 0 Å². The maximum atomic E-state index is 3.59. The van der Waals surface area contributed by atoms with Crippen LogP contribution < -0.4 is 0 Å². The summed E-state index contributed by atoms with van der Waals surface area (Å²) in [5.41, 5.74) is 3.04. The lowest BCUT2D eigenvalue weighted by atomic mass is 9.81. The average Bonchev–Trinajstić information content (AvgIpc) is 2.26. The molecular formula is C15H17Br. The largest absolute Gasteiger partial charge is 0.0876 e. The normalized spacial score (nSPS) is 12.0. The Bertz CT molecular complexity index is 506. The van der Waals surface area contributed by atoms with Crippen LogP contribution in [0.2, 0.25) is 0 Å². The van der Waals surface area contributed by atoms with Gasteiger partial charge < -0.3 is 0 Å². The Morgan fingerprint density at radius 3 is 2.31 bits per heavy atom. The Morgan fingerprint density at radius 1 is 1.00 bits per heavy atom. The minimum absolute atomic E-state index is 0.184. The number of hydrogen-bond donors (Lipinski definition) is 0. The maximum Gasteiger partial charge on any atom is 0.0286 e. The summed E-state index contributed by atoms with van der Waals surface area (Å²) in [4.78, 5) is 0. The van der Waals surface area contributed by atoms with Crippen molar-refractivity contribution in [2.45, 2.75) is 31.5 Å². The molecule has 2 aromatic carbocycles. The molecule has 0 aliphatic heterocycles. The first-order valence-electron chi connectivity index (χ1n) is 5.61. The zero-order valence-corrected chi connectivity index (χ0v) is 11.6. The molecule has 0 aromatic heterocycles. The Hall–Kier alpha value is -0.820. The topological polar surface area (TPSA) is 0 Å². The number of halogens is 1. The molecule has 0 saturated heterocycles. The zero-order chi connectivity index (χ0) is 11.8. The van der Waals surface area contributed by atoms with Crippen molar-refractivity contribution in [1.82, 2.24) is 0 Å². The molecule has 16 heavy (non-hydrogen) atoms. The molecule has 0 spiro atoms. The Labute approximate surface area is 106 Å². The molecule has 0 nitrogen and oxygen atoms in total. The number of fused-ring (bicyclic) bond motifs is 1. The molecule has 0 aliphatic carbocycles. The fourth-order valence-corrected chi connectivity index (χ4v) is 2.78. The fourth-order valence-electron chi connectivity index (χ4n) is 2.31. The number of hydrogen-bond acceptors (Lipinski definition) is 0. The summed E-state index contributed by atoms with van der Waals surface area (Å²) in [5.74, 6) is 0. The third kappa shape index (κ3) is 2.01. The van der Waals surface area contributed by atoms with E-state index in [1.807, 2.05) is 0 Å². The van der Waals surface area contributed by atoms with Crippen LogP contribution in [0.4, 0.5) is 0 Å². The molecule has 0 aliphatic rings. The van der Waals surface area contributed by atoms with Gasteiger partial charge in [0.1, 0.15) is 0 Å². The van der Waals surface area contributed by atoms with Crippen LogP contribution in [0.3, 0.4) is 0 Å².